The Morgan fingerprint density at radius 3 is 2.46 bits per heavy atom. The van der Waals surface area contributed by atoms with Gasteiger partial charge in [-0.05, 0) is 56.9 Å². The third-order valence-electron chi connectivity index (χ3n) is 6.09. The van der Waals surface area contributed by atoms with E-state index in [0.717, 1.165) is 5.56 Å². The van der Waals surface area contributed by atoms with E-state index < -0.39 is 17.6 Å². The molecule has 1 atom stereocenters. The molecule has 0 saturated heterocycles. The van der Waals surface area contributed by atoms with Gasteiger partial charge < -0.3 is 24.4 Å². The highest BCUT2D eigenvalue weighted by Crippen LogP contribution is 2.48. The number of amidine groups is 1. The molecule has 0 aliphatic carbocycles. The van der Waals surface area contributed by atoms with Gasteiger partial charge in [0.25, 0.3) is 0 Å². The highest BCUT2D eigenvalue weighted by Gasteiger charge is 2.43. The number of carbonyl (C=O) groups excluding carboxylic acids is 2. The Kier molecular flexibility index (Phi) is 8.34. The first-order valence-electron chi connectivity index (χ1n) is 12.4. The summed E-state index contributed by atoms with van der Waals surface area (Å²) in [7, 11) is 3.09. The Morgan fingerprint density at radius 1 is 1.10 bits per heavy atom. The molecule has 1 N–H and O–H groups in total. The minimum atomic E-state index is -0.726. The number of nitrogens with one attached hydrogen (secondary N) is 1. The van der Waals surface area contributed by atoms with Crippen LogP contribution in [0.5, 0.6) is 11.5 Å². The second kappa shape index (κ2) is 11.5. The molecule has 0 bridgehead atoms. The van der Waals surface area contributed by atoms with E-state index in [1.807, 2.05) is 43.2 Å². The Morgan fingerprint density at radius 2 is 1.82 bits per heavy atom. The Hall–Kier alpha value is -3.79. The number of amides is 1. The molecule has 2 aromatic carbocycles. The molecule has 2 heterocycles. The quantitative estimate of drug-likeness (QED) is 0.434. The van der Waals surface area contributed by atoms with Crippen LogP contribution in [0.2, 0.25) is 0 Å². The zero-order valence-electron chi connectivity index (χ0n) is 22.8. The third-order valence-corrected chi connectivity index (χ3v) is 6.98. The maximum atomic E-state index is 13.6. The number of carbonyl (C=O) groups is 2. The molecule has 10 heteroatoms. The molecule has 0 aromatic heterocycles. The molecule has 206 valence electrons. The SMILES string of the molecule is COc1cccc(C2C(C(=O)OC(C)(C)C)=C(C)N=C3SC=C(CC(=O)NCc4ccc(F)cc4)N32)c1OC. The standard InChI is InChI=1S/C29H32FN3O5S/c1-17-24(27(35)38-29(2,3)4)25(21-8-7-9-22(36-5)26(21)37-6)33-20(16-39-28(33)32-17)14-23(34)31-15-18-10-12-19(30)13-11-18/h7-13,16,25H,14-15H2,1-6H3,(H,31,34). The van der Waals surface area contributed by atoms with Gasteiger partial charge in [-0.2, -0.15) is 0 Å². The molecule has 39 heavy (non-hydrogen) atoms. The van der Waals surface area contributed by atoms with Crippen LogP contribution in [-0.4, -0.2) is 41.8 Å². The van der Waals surface area contributed by atoms with Crippen LogP contribution in [0.25, 0.3) is 0 Å². The fourth-order valence-corrected chi connectivity index (χ4v) is 5.38. The smallest absolute Gasteiger partial charge is 0.338 e. The van der Waals surface area contributed by atoms with Crippen molar-refractivity contribution in [2.75, 3.05) is 14.2 Å². The molecule has 2 aliphatic heterocycles. The number of aliphatic imine (C=N–C) groups is 1. The van der Waals surface area contributed by atoms with Gasteiger partial charge in [0.05, 0.1) is 38.0 Å². The van der Waals surface area contributed by atoms with E-state index in [4.69, 9.17) is 19.2 Å². The van der Waals surface area contributed by atoms with Crippen molar-refractivity contribution in [1.82, 2.24) is 10.2 Å². The topological polar surface area (TPSA) is 89.5 Å². The summed E-state index contributed by atoms with van der Waals surface area (Å²) < 4.78 is 30.3. The summed E-state index contributed by atoms with van der Waals surface area (Å²) in [5, 5.41) is 5.38. The van der Waals surface area contributed by atoms with Crippen molar-refractivity contribution >= 4 is 28.8 Å². The molecule has 0 saturated carbocycles. The summed E-state index contributed by atoms with van der Waals surface area (Å²) in [5.41, 5.74) is 2.26. The van der Waals surface area contributed by atoms with Gasteiger partial charge in [0, 0.05) is 17.8 Å². The lowest BCUT2D eigenvalue weighted by atomic mass is 9.92. The molecular formula is C29H32FN3O5S. The number of hydrogen-bond acceptors (Lipinski definition) is 8. The average molecular weight is 554 g/mol. The fraction of sp³-hybridized carbons (Fsp3) is 0.345. The van der Waals surface area contributed by atoms with E-state index in [0.29, 0.717) is 39.2 Å². The van der Waals surface area contributed by atoms with Gasteiger partial charge in [-0.3, -0.25) is 4.79 Å². The van der Waals surface area contributed by atoms with Crippen molar-refractivity contribution in [2.45, 2.75) is 52.3 Å². The number of halogens is 1. The van der Waals surface area contributed by atoms with Crippen molar-refractivity contribution in [3.05, 3.63) is 81.8 Å². The van der Waals surface area contributed by atoms with Gasteiger partial charge in [-0.15, -0.1) is 0 Å². The highest BCUT2D eigenvalue weighted by molar-refractivity contribution is 8.16. The molecule has 0 radical (unpaired) electrons. The van der Waals surface area contributed by atoms with Crippen molar-refractivity contribution in [1.29, 1.82) is 0 Å². The van der Waals surface area contributed by atoms with Crippen LogP contribution in [0.15, 0.2) is 69.8 Å². The van der Waals surface area contributed by atoms with Crippen molar-refractivity contribution in [3.8, 4) is 11.5 Å². The van der Waals surface area contributed by atoms with Gasteiger partial charge in [0.1, 0.15) is 11.4 Å². The Balaban J connectivity index is 1.69. The minimum absolute atomic E-state index is 0.0383. The van der Waals surface area contributed by atoms with Crippen LogP contribution in [0.4, 0.5) is 4.39 Å². The molecule has 0 fully saturated rings. The minimum Gasteiger partial charge on any atom is -0.493 e. The van der Waals surface area contributed by atoms with Crippen LogP contribution in [0.1, 0.15) is 51.3 Å². The summed E-state index contributed by atoms with van der Waals surface area (Å²) in [6.07, 6.45) is 0.0383. The van der Waals surface area contributed by atoms with E-state index >= 15 is 0 Å². The van der Waals surface area contributed by atoms with Crippen LogP contribution >= 0.6 is 11.8 Å². The van der Waals surface area contributed by atoms with Crippen LogP contribution in [-0.2, 0) is 20.9 Å². The molecule has 2 aliphatic rings. The maximum absolute atomic E-state index is 13.6. The van der Waals surface area contributed by atoms with Crippen molar-refractivity contribution in [2.24, 2.45) is 4.99 Å². The number of para-hydroxylation sites is 1. The summed E-state index contributed by atoms with van der Waals surface area (Å²) in [5.74, 6) is -0.0892. The predicted molar refractivity (Wildman–Crippen MR) is 149 cm³/mol. The lowest BCUT2D eigenvalue weighted by Crippen LogP contribution is -2.39. The first kappa shape index (κ1) is 28.2. The molecular weight excluding hydrogens is 521 g/mol. The van der Waals surface area contributed by atoms with E-state index in [9.17, 15) is 14.0 Å². The zero-order chi connectivity index (χ0) is 28.3. The lowest BCUT2D eigenvalue weighted by molar-refractivity contribution is -0.150. The first-order valence-corrected chi connectivity index (χ1v) is 13.3. The number of benzene rings is 2. The normalized spacial score (nSPS) is 16.8. The molecule has 0 spiro atoms. The average Bonchev–Trinajstić information content (AvgIpc) is 3.27. The fourth-order valence-electron chi connectivity index (χ4n) is 4.42. The monoisotopic (exact) mass is 553 g/mol. The number of nitrogens with zero attached hydrogens (tertiary/aromatic N) is 2. The number of fused-ring (bicyclic) bond motifs is 1. The predicted octanol–water partition coefficient (Wildman–Crippen LogP) is 5.47. The third kappa shape index (κ3) is 6.27. The van der Waals surface area contributed by atoms with Crippen molar-refractivity contribution in [3.63, 3.8) is 0 Å². The van der Waals surface area contributed by atoms with E-state index in [1.165, 1.54) is 23.9 Å². The second-order valence-corrected chi connectivity index (χ2v) is 10.9. The van der Waals surface area contributed by atoms with E-state index in [-0.39, 0.29) is 24.7 Å². The van der Waals surface area contributed by atoms with Crippen LogP contribution in [0.3, 0.4) is 0 Å². The number of allylic oxidation sites excluding steroid dienone is 1. The molecule has 1 unspecified atom stereocenters. The van der Waals surface area contributed by atoms with Crippen LogP contribution < -0.4 is 14.8 Å². The first-order chi connectivity index (χ1) is 18.5. The van der Waals surface area contributed by atoms with Gasteiger partial charge in [-0.1, -0.05) is 36.0 Å². The zero-order valence-corrected chi connectivity index (χ0v) is 23.6. The van der Waals surface area contributed by atoms with Gasteiger partial charge >= 0.3 is 5.97 Å². The number of ether oxygens (including phenoxy) is 3. The molecule has 4 rings (SSSR count). The largest absolute Gasteiger partial charge is 0.493 e. The van der Waals surface area contributed by atoms with Crippen molar-refractivity contribution < 1.29 is 28.2 Å². The summed E-state index contributed by atoms with van der Waals surface area (Å²) >= 11 is 1.38. The summed E-state index contributed by atoms with van der Waals surface area (Å²) in [6, 6.07) is 10.8. The molecule has 8 nitrogen and oxygen atoms in total. The van der Waals surface area contributed by atoms with E-state index in [1.54, 1.807) is 39.3 Å². The molecule has 2 aromatic rings. The van der Waals surface area contributed by atoms with E-state index in [2.05, 4.69) is 5.32 Å². The van der Waals surface area contributed by atoms with Gasteiger partial charge in [-0.25, -0.2) is 14.2 Å². The molecule has 1 amide bonds. The summed E-state index contributed by atoms with van der Waals surface area (Å²) in [6.45, 7) is 7.46. The lowest BCUT2D eigenvalue weighted by Gasteiger charge is -2.37. The number of methoxy groups -OCH3 is 2. The van der Waals surface area contributed by atoms with Gasteiger partial charge in [0.15, 0.2) is 16.7 Å². The maximum Gasteiger partial charge on any atom is 0.338 e. The highest BCUT2D eigenvalue weighted by atomic mass is 32.2. The van der Waals surface area contributed by atoms with Crippen LogP contribution in [0, 0.1) is 5.82 Å². The number of rotatable bonds is 8. The second-order valence-electron chi connectivity index (χ2n) is 10.1. The van der Waals surface area contributed by atoms with Gasteiger partial charge in [0.2, 0.25) is 5.91 Å². The summed E-state index contributed by atoms with van der Waals surface area (Å²) in [4.78, 5) is 33.2. The number of hydrogen-bond donors (Lipinski definition) is 1. The number of thioether (sulfide) groups is 1. The number of esters is 1. The Bertz CT molecular complexity index is 1360. The Labute approximate surface area is 231 Å².